The fraction of sp³-hybridized carbons (Fsp3) is 0.571. The van der Waals surface area contributed by atoms with Crippen LogP contribution in [0.15, 0.2) is 18.2 Å². The number of nitrogens with one attached hydrogen (secondary N) is 1. The zero-order valence-electron chi connectivity index (χ0n) is 11.5. The van der Waals surface area contributed by atoms with Gasteiger partial charge >= 0.3 is 0 Å². The van der Waals surface area contributed by atoms with Crippen molar-refractivity contribution >= 4 is 11.4 Å². The molecular formula is C14H17F2N3O2. The van der Waals surface area contributed by atoms with Gasteiger partial charge in [0.15, 0.2) is 0 Å². The van der Waals surface area contributed by atoms with Gasteiger partial charge in [-0.3, -0.25) is 10.1 Å². The number of hydrogen-bond donors (Lipinski definition) is 1. The molecule has 0 saturated carbocycles. The molecule has 0 aromatic heterocycles. The second-order valence-electron chi connectivity index (χ2n) is 5.72. The van der Waals surface area contributed by atoms with Crippen molar-refractivity contribution in [2.75, 3.05) is 25.0 Å². The van der Waals surface area contributed by atoms with Gasteiger partial charge < -0.3 is 10.2 Å². The smallest absolute Gasteiger partial charge is 0.270 e. The summed E-state index contributed by atoms with van der Waals surface area (Å²) in [7, 11) is 0. The lowest BCUT2D eigenvalue weighted by Gasteiger charge is -2.45. The molecule has 0 radical (unpaired) electrons. The summed E-state index contributed by atoms with van der Waals surface area (Å²) in [5.41, 5.74) is -0.278. The molecule has 3 aliphatic heterocycles. The number of rotatable bonds is 4. The van der Waals surface area contributed by atoms with Gasteiger partial charge in [-0.2, -0.15) is 0 Å². The minimum Gasteiger partial charge on any atom is -0.380 e. The molecule has 3 heterocycles. The summed E-state index contributed by atoms with van der Waals surface area (Å²) in [4.78, 5) is 12.4. The summed E-state index contributed by atoms with van der Waals surface area (Å²) in [6.45, 7) is 3.00. The van der Waals surface area contributed by atoms with Crippen molar-refractivity contribution in [1.82, 2.24) is 4.90 Å². The molecular weight excluding hydrogens is 280 g/mol. The van der Waals surface area contributed by atoms with Crippen LogP contribution in [0.2, 0.25) is 0 Å². The molecule has 1 aromatic rings. The van der Waals surface area contributed by atoms with Crippen molar-refractivity contribution in [3.05, 3.63) is 33.9 Å². The number of fused-ring (bicyclic) bond motifs is 3. The van der Waals surface area contributed by atoms with Gasteiger partial charge in [-0.1, -0.05) is 0 Å². The van der Waals surface area contributed by atoms with Crippen molar-refractivity contribution < 1.29 is 13.7 Å². The normalized spacial score (nSPS) is 27.9. The van der Waals surface area contributed by atoms with Crippen LogP contribution in [0.3, 0.4) is 0 Å². The Hall–Kier alpha value is -1.76. The maximum atomic E-state index is 13.1. The predicted molar refractivity (Wildman–Crippen MR) is 74.6 cm³/mol. The molecule has 0 spiro atoms. The second-order valence-corrected chi connectivity index (χ2v) is 5.72. The van der Waals surface area contributed by atoms with Gasteiger partial charge in [0.1, 0.15) is 0 Å². The van der Waals surface area contributed by atoms with Crippen molar-refractivity contribution in [1.29, 1.82) is 0 Å². The number of nitro groups is 1. The molecule has 0 aliphatic carbocycles. The largest absolute Gasteiger partial charge is 0.380 e. The second kappa shape index (κ2) is 5.55. The molecule has 21 heavy (non-hydrogen) atoms. The Morgan fingerprint density at radius 2 is 2.05 bits per heavy atom. The van der Waals surface area contributed by atoms with E-state index in [1.54, 1.807) is 0 Å². The molecule has 1 N–H and O–H groups in total. The molecule has 1 atom stereocenters. The van der Waals surface area contributed by atoms with Crippen LogP contribution in [-0.4, -0.2) is 35.5 Å². The Morgan fingerprint density at radius 3 is 2.57 bits per heavy atom. The number of alkyl halides is 2. The van der Waals surface area contributed by atoms with Crippen LogP contribution in [0.1, 0.15) is 24.8 Å². The van der Waals surface area contributed by atoms with Crippen LogP contribution in [0.25, 0.3) is 0 Å². The van der Waals surface area contributed by atoms with Gasteiger partial charge in [0, 0.05) is 36.0 Å². The Kier molecular flexibility index (Phi) is 3.75. The third-order valence-electron chi connectivity index (χ3n) is 4.48. The van der Waals surface area contributed by atoms with E-state index < -0.39 is 11.3 Å². The fourth-order valence-corrected chi connectivity index (χ4v) is 3.30. The SMILES string of the molecule is O=[N+]([O-])c1ccc(NC2CN3CCC2CC3)c(C(F)F)c1. The minimum atomic E-state index is -2.73. The van der Waals surface area contributed by atoms with E-state index in [0.717, 1.165) is 38.5 Å². The van der Waals surface area contributed by atoms with E-state index in [1.165, 1.54) is 12.1 Å². The Morgan fingerprint density at radius 1 is 1.33 bits per heavy atom. The lowest BCUT2D eigenvalue weighted by atomic mass is 9.84. The molecule has 2 bridgehead atoms. The lowest BCUT2D eigenvalue weighted by molar-refractivity contribution is -0.385. The number of nitrogens with zero attached hydrogens (tertiary/aromatic N) is 2. The third-order valence-corrected chi connectivity index (χ3v) is 4.48. The van der Waals surface area contributed by atoms with E-state index in [0.29, 0.717) is 11.6 Å². The first-order chi connectivity index (χ1) is 10.0. The zero-order chi connectivity index (χ0) is 15.0. The highest BCUT2D eigenvalue weighted by atomic mass is 19.3. The van der Waals surface area contributed by atoms with Gasteiger partial charge in [-0.05, 0) is 37.9 Å². The Balaban J connectivity index is 1.83. The summed E-state index contributed by atoms with van der Waals surface area (Å²) in [5, 5.41) is 13.9. The first kappa shape index (κ1) is 14.2. The first-order valence-electron chi connectivity index (χ1n) is 7.10. The number of nitro benzene ring substituents is 1. The molecule has 4 rings (SSSR count). The van der Waals surface area contributed by atoms with Crippen LogP contribution < -0.4 is 5.32 Å². The number of non-ortho nitro benzene ring substituents is 1. The van der Waals surface area contributed by atoms with E-state index in [-0.39, 0.29) is 17.3 Å². The standard InChI is InChI=1S/C14H17F2N3O2/c15-14(16)11-7-10(19(20)21)1-2-12(11)17-13-8-18-5-3-9(13)4-6-18/h1-2,7,9,13-14,17H,3-6,8H2. The average Bonchev–Trinajstić information content (AvgIpc) is 2.48. The van der Waals surface area contributed by atoms with Gasteiger partial charge in [0.05, 0.1) is 4.92 Å². The maximum Gasteiger partial charge on any atom is 0.270 e. The summed E-state index contributed by atoms with van der Waals surface area (Å²) < 4.78 is 26.3. The van der Waals surface area contributed by atoms with Crippen molar-refractivity contribution in [2.45, 2.75) is 25.3 Å². The van der Waals surface area contributed by atoms with Crippen LogP contribution in [0.4, 0.5) is 20.2 Å². The topological polar surface area (TPSA) is 58.4 Å². The molecule has 5 nitrogen and oxygen atoms in total. The van der Waals surface area contributed by atoms with E-state index >= 15 is 0 Å². The summed E-state index contributed by atoms with van der Waals surface area (Å²) in [6.07, 6.45) is -0.572. The highest BCUT2D eigenvalue weighted by Crippen LogP contribution is 2.34. The molecule has 0 amide bonds. The van der Waals surface area contributed by atoms with Gasteiger partial charge in [0.2, 0.25) is 0 Å². The van der Waals surface area contributed by atoms with E-state index in [4.69, 9.17) is 0 Å². The van der Waals surface area contributed by atoms with Gasteiger partial charge in [0.25, 0.3) is 12.1 Å². The minimum absolute atomic E-state index is 0.145. The molecule has 3 fully saturated rings. The molecule has 7 heteroatoms. The third kappa shape index (κ3) is 2.83. The number of benzene rings is 1. The maximum absolute atomic E-state index is 13.1. The fourth-order valence-electron chi connectivity index (χ4n) is 3.30. The highest BCUT2D eigenvalue weighted by Gasteiger charge is 2.34. The Bertz CT molecular complexity index is 545. The van der Waals surface area contributed by atoms with Crippen LogP contribution in [-0.2, 0) is 0 Å². The predicted octanol–water partition coefficient (Wildman–Crippen LogP) is 3.04. The van der Waals surface area contributed by atoms with Gasteiger partial charge in [-0.25, -0.2) is 8.78 Å². The quantitative estimate of drug-likeness (QED) is 0.685. The molecule has 1 aromatic carbocycles. The molecule has 3 saturated heterocycles. The first-order valence-corrected chi connectivity index (χ1v) is 7.10. The lowest BCUT2D eigenvalue weighted by Crippen LogP contribution is -2.53. The van der Waals surface area contributed by atoms with E-state index in [1.807, 2.05) is 0 Å². The van der Waals surface area contributed by atoms with Crippen LogP contribution in [0, 0.1) is 16.0 Å². The average molecular weight is 297 g/mol. The molecule has 114 valence electrons. The van der Waals surface area contributed by atoms with E-state index in [2.05, 4.69) is 10.2 Å². The van der Waals surface area contributed by atoms with Crippen LogP contribution >= 0.6 is 0 Å². The molecule has 3 aliphatic rings. The molecule has 1 unspecified atom stereocenters. The number of halogens is 2. The number of piperidine rings is 3. The van der Waals surface area contributed by atoms with Crippen molar-refractivity contribution in [2.24, 2.45) is 5.92 Å². The summed E-state index contributed by atoms with van der Waals surface area (Å²) in [5.74, 6) is 0.496. The van der Waals surface area contributed by atoms with E-state index in [9.17, 15) is 18.9 Å². The number of hydrogen-bond acceptors (Lipinski definition) is 4. The Labute approximate surface area is 121 Å². The van der Waals surface area contributed by atoms with Crippen LogP contribution in [0.5, 0.6) is 0 Å². The van der Waals surface area contributed by atoms with Crippen molar-refractivity contribution in [3.8, 4) is 0 Å². The number of anilines is 1. The summed E-state index contributed by atoms with van der Waals surface area (Å²) in [6, 6.07) is 3.78. The highest BCUT2D eigenvalue weighted by molar-refractivity contribution is 5.57. The monoisotopic (exact) mass is 297 g/mol. The zero-order valence-corrected chi connectivity index (χ0v) is 11.5. The van der Waals surface area contributed by atoms with Crippen molar-refractivity contribution in [3.63, 3.8) is 0 Å². The summed E-state index contributed by atoms with van der Waals surface area (Å²) >= 11 is 0. The van der Waals surface area contributed by atoms with Gasteiger partial charge in [-0.15, -0.1) is 0 Å².